The van der Waals surface area contributed by atoms with Crippen molar-refractivity contribution in [1.82, 2.24) is 5.32 Å². The molecule has 0 bridgehead atoms. The van der Waals surface area contributed by atoms with Crippen molar-refractivity contribution in [2.24, 2.45) is 0 Å². The van der Waals surface area contributed by atoms with E-state index in [1.54, 1.807) is 7.11 Å². The Morgan fingerprint density at radius 3 is 2.53 bits per heavy atom. The normalized spacial score (nSPS) is 12.4. The minimum atomic E-state index is 0.375. The predicted octanol–water partition coefficient (Wildman–Crippen LogP) is 3.55. The van der Waals surface area contributed by atoms with E-state index in [1.807, 2.05) is 6.07 Å². The maximum absolute atomic E-state index is 5.92. The maximum Gasteiger partial charge on any atom is 0.124 e. The lowest BCUT2D eigenvalue weighted by molar-refractivity contribution is 0.184. The molecule has 1 atom stereocenters. The third kappa shape index (κ3) is 5.62. The van der Waals surface area contributed by atoms with Gasteiger partial charge in [-0.2, -0.15) is 0 Å². The number of rotatable bonds is 10. The number of benzene rings is 1. The summed E-state index contributed by atoms with van der Waals surface area (Å²) in [4.78, 5) is 0. The molecule has 19 heavy (non-hydrogen) atoms. The molecule has 108 valence electrons. The molecule has 0 heterocycles. The van der Waals surface area contributed by atoms with Gasteiger partial charge in [0, 0.05) is 25.3 Å². The van der Waals surface area contributed by atoms with Crippen LogP contribution in [0, 0.1) is 0 Å². The van der Waals surface area contributed by atoms with Gasteiger partial charge in [-0.25, -0.2) is 0 Å². The van der Waals surface area contributed by atoms with Gasteiger partial charge in [0.2, 0.25) is 0 Å². The first-order valence-electron chi connectivity index (χ1n) is 7.27. The Balaban J connectivity index is 2.56. The minimum Gasteiger partial charge on any atom is -0.493 e. The van der Waals surface area contributed by atoms with E-state index in [2.05, 4.69) is 37.4 Å². The number of methoxy groups -OCH3 is 1. The van der Waals surface area contributed by atoms with E-state index < -0.39 is 0 Å². The molecule has 0 amide bonds. The molecular weight excluding hydrogens is 238 g/mol. The molecule has 1 N–H and O–H groups in total. The number of nitrogens with one attached hydrogen (secondary N) is 1. The van der Waals surface area contributed by atoms with E-state index in [1.165, 1.54) is 5.56 Å². The molecule has 0 radical (unpaired) electrons. The molecule has 0 saturated heterocycles. The van der Waals surface area contributed by atoms with E-state index in [0.29, 0.717) is 6.04 Å². The van der Waals surface area contributed by atoms with Crippen LogP contribution in [0.25, 0.3) is 0 Å². The van der Waals surface area contributed by atoms with Gasteiger partial charge in [-0.15, -0.1) is 0 Å². The molecule has 0 saturated carbocycles. The summed E-state index contributed by atoms with van der Waals surface area (Å²) >= 11 is 0. The minimum absolute atomic E-state index is 0.375. The highest BCUT2D eigenvalue weighted by Gasteiger charge is 2.12. The van der Waals surface area contributed by atoms with Gasteiger partial charge in [-0.3, -0.25) is 0 Å². The first-order chi connectivity index (χ1) is 9.33. The summed E-state index contributed by atoms with van der Waals surface area (Å²) < 4.78 is 11.0. The van der Waals surface area contributed by atoms with Gasteiger partial charge < -0.3 is 14.8 Å². The zero-order valence-corrected chi connectivity index (χ0v) is 12.4. The van der Waals surface area contributed by atoms with Crippen molar-refractivity contribution >= 4 is 0 Å². The summed E-state index contributed by atoms with van der Waals surface area (Å²) in [6.07, 6.45) is 3.14. The smallest absolute Gasteiger partial charge is 0.124 e. The average Bonchev–Trinajstić information content (AvgIpc) is 2.45. The average molecular weight is 265 g/mol. The highest BCUT2D eigenvalue weighted by atomic mass is 16.5. The lowest BCUT2D eigenvalue weighted by Crippen LogP contribution is -2.20. The van der Waals surface area contributed by atoms with Crippen LogP contribution in [0.15, 0.2) is 24.3 Å². The number of unbranched alkanes of at least 4 members (excludes halogenated alkanes) is 1. The molecule has 0 aromatic heterocycles. The van der Waals surface area contributed by atoms with Gasteiger partial charge in [-0.05, 0) is 31.9 Å². The quantitative estimate of drug-likeness (QED) is 0.656. The fourth-order valence-electron chi connectivity index (χ4n) is 2.15. The van der Waals surface area contributed by atoms with Crippen LogP contribution in [0.4, 0.5) is 0 Å². The van der Waals surface area contributed by atoms with Crippen molar-refractivity contribution < 1.29 is 9.47 Å². The van der Waals surface area contributed by atoms with Gasteiger partial charge in [0.1, 0.15) is 5.75 Å². The summed E-state index contributed by atoms with van der Waals surface area (Å²) in [6.45, 7) is 6.86. The summed E-state index contributed by atoms with van der Waals surface area (Å²) in [5, 5.41) is 3.50. The summed E-state index contributed by atoms with van der Waals surface area (Å²) in [6, 6.07) is 8.70. The fraction of sp³-hybridized carbons (Fsp3) is 0.625. The van der Waals surface area contributed by atoms with Crippen LogP contribution in [0.3, 0.4) is 0 Å². The van der Waals surface area contributed by atoms with Crippen LogP contribution in [0.5, 0.6) is 5.75 Å². The molecule has 0 aliphatic rings. The monoisotopic (exact) mass is 265 g/mol. The Hall–Kier alpha value is -1.06. The molecule has 0 aliphatic carbocycles. The molecule has 3 heteroatoms. The molecular formula is C16H27NO2. The first kappa shape index (κ1) is 16.0. The van der Waals surface area contributed by atoms with Crippen molar-refractivity contribution in [1.29, 1.82) is 0 Å². The second-order valence-corrected chi connectivity index (χ2v) is 4.60. The van der Waals surface area contributed by atoms with E-state index in [-0.39, 0.29) is 0 Å². The van der Waals surface area contributed by atoms with Crippen LogP contribution in [-0.2, 0) is 4.74 Å². The van der Waals surface area contributed by atoms with Crippen LogP contribution in [-0.4, -0.2) is 26.9 Å². The summed E-state index contributed by atoms with van der Waals surface area (Å²) in [5.74, 6) is 1.01. The van der Waals surface area contributed by atoms with E-state index in [4.69, 9.17) is 9.47 Å². The first-order valence-corrected chi connectivity index (χ1v) is 7.27. The molecule has 1 unspecified atom stereocenters. The van der Waals surface area contributed by atoms with Crippen molar-refractivity contribution in [3.63, 3.8) is 0 Å². The topological polar surface area (TPSA) is 30.5 Å². The SMILES string of the molecule is CCNC(CC)c1ccccc1OCCCCOC. The zero-order chi connectivity index (χ0) is 13.9. The van der Waals surface area contributed by atoms with E-state index in [0.717, 1.165) is 44.8 Å². The zero-order valence-electron chi connectivity index (χ0n) is 12.4. The Morgan fingerprint density at radius 1 is 1.11 bits per heavy atom. The van der Waals surface area contributed by atoms with Crippen molar-refractivity contribution in [2.45, 2.75) is 39.2 Å². The molecule has 0 aliphatic heterocycles. The second kappa shape index (κ2) is 9.82. The number of para-hydroxylation sites is 1. The largest absolute Gasteiger partial charge is 0.493 e. The number of ether oxygens (including phenoxy) is 2. The molecule has 3 nitrogen and oxygen atoms in total. The van der Waals surface area contributed by atoms with Crippen LogP contribution < -0.4 is 10.1 Å². The van der Waals surface area contributed by atoms with Gasteiger partial charge in [0.25, 0.3) is 0 Å². The van der Waals surface area contributed by atoms with Gasteiger partial charge in [-0.1, -0.05) is 32.0 Å². The molecule has 1 aromatic carbocycles. The van der Waals surface area contributed by atoms with Crippen molar-refractivity contribution in [3.05, 3.63) is 29.8 Å². The van der Waals surface area contributed by atoms with E-state index in [9.17, 15) is 0 Å². The highest BCUT2D eigenvalue weighted by Crippen LogP contribution is 2.27. The van der Waals surface area contributed by atoms with E-state index >= 15 is 0 Å². The van der Waals surface area contributed by atoms with Crippen LogP contribution in [0.1, 0.15) is 44.7 Å². The van der Waals surface area contributed by atoms with Gasteiger partial charge in [0.05, 0.1) is 6.61 Å². The summed E-state index contributed by atoms with van der Waals surface area (Å²) in [5.41, 5.74) is 1.26. The predicted molar refractivity (Wildman–Crippen MR) is 79.8 cm³/mol. The van der Waals surface area contributed by atoms with Crippen LogP contribution >= 0.6 is 0 Å². The Bertz CT molecular complexity index is 341. The molecule has 0 spiro atoms. The third-order valence-corrected chi connectivity index (χ3v) is 3.15. The van der Waals surface area contributed by atoms with Gasteiger partial charge in [0.15, 0.2) is 0 Å². The Morgan fingerprint density at radius 2 is 1.84 bits per heavy atom. The fourth-order valence-corrected chi connectivity index (χ4v) is 2.15. The van der Waals surface area contributed by atoms with Gasteiger partial charge >= 0.3 is 0 Å². The highest BCUT2D eigenvalue weighted by molar-refractivity contribution is 5.35. The second-order valence-electron chi connectivity index (χ2n) is 4.60. The Labute approximate surface area is 117 Å². The molecule has 1 aromatic rings. The van der Waals surface area contributed by atoms with Crippen LogP contribution in [0.2, 0.25) is 0 Å². The standard InChI is InChI=1S/C16H27NO2/c1-4-15(17-5-2)14-10-6-7-11-16(14)19-13-9-8-12-18-3/h6-7,10-11,15,17H,4-5,8-9,12-13H2,1-3H3. The molecule has 1 rings (SSSR count). The van der Waals surface area contributed by atoms with Crippen molar-refractivity contribution in [2.75, 3.05) is 26.9 Å². The number of hydrogen-bond donors (Lipinski definition) is 1. The number of hydrogen-bond acceptors (Lipinski definition) is 3. The lowest BCUT2D eigenvalue weighted by Gasteiger charge is -2.20. The maximum atomic E-state index is 5.92. The summed E-state index contributed by atoms with van der Waals surface area (Å²) in [7, 11) is 1.73. The Kier molecular flexibility index (Phi) is 8.26. The molecule has 0 fully saturated rings. The van der Waals surface area contributed by atoms with Crippen molar-refractivity contribution in [3.8, 4) is 5.75 Å². The third-order valence-electron chi connectivity index (χ3n) is 3.15. The lowest BCUT2D eigenvalue weighted by atomic mass is 10.0.